The quantitative estimate of drug-likeness (QED) is 0.777. The number of nitrogens with zero attached hydrogens (tertiary/aromatic N) is 1. The van der Waals surface area contributed by atoms with Crippen molar-refractivity contribution in [2.75, 3.05) is 13.1 Å². The van der Waals surface area contributed by atoms with Gasteiger partial charge in [-0.2, -0.15) is 0 Å². The third kappa shape index (κ3) is 1.70. The molecule has 1 atom stereocenters. The maximum Gasteiger partial charge on any atom is 0.256 e. The van der Waals surface area contributed by atoms with Gasteiger partial charge >= 0.3 is 0 Å². The number of aliphatic hydroxyl groups excluding tert-OH is 1. The number of β-amino-alcohol motifs (C(OH)–C–C–N with tert-alkyl or cyclic N) is 1. The van der Waals surface area contributed by atoms with E-state index < -0.39 is 0 Å². The summed E-state index contributed by atoms with van der Waals surface area (Å²) >= 11 is 0. The molecule has 3 rings (SSSR count). The summed E-state index contributed by atoms with van der Waals surface area (Å²) in [5.41, 5.74) is 1.66. The van der Waals surface area contributed by atoms with E-state index in [1.165, 1.54) is 0 Å². The van der Waals surface area contributed by atoms with E-state index in [2.05, 4.69) is 4.98 Å². The first-order valence-electron chi connectivity index (χ1n) is 5.79. The molecule has 1 aromatic heterocycles. The summed E-state index contributed by atoms with van der Waals surface area (Å²) in [6, 6.07) is 7.75. The van der Waals surface area contributed by atoms with Gasteiger partial charge in [0.1, 0.15) is 0 Å². The van der Waals surface area contributed by atoms with Crippen molar-refractivity contribution in [2.45, 2.75) is 12.5 Å². The Morgan fingerprint density at radius 3 is 3.00 bits per heavy atom. The van der Waals surface area contributed by atoms with Crippen molar-refractivity contribution in [1.29, 1.82) is 0 Å². The molecule has 1 unspecified atom stereocenters. The van der Waals surface area contributed by atoms with Gasteiger partial charge in [-0.15, -0.1) is 0 Å². The van der Waals surface area contributed by atoms with Crippen LogP contribution in [0.2, 0.25) is 0 Å². The predicted octanol–water partition coefficient (Wildman–Crippen LogP) is 1.37. The van der Waals surface area contributed by atoms with Crippen LogP contribution in [0, 0.1) is 0 Å². The van der Waals surface area contributed by atoms with Crippen molar-refractivity contribution < 1.29 is 9.90 Å². The number of hydrogen-bond donors (Lipinski definition) is 2. The van der Waals surface area contributed by atoms with Crippen molar-refractivity contribution in [3.05, 3.63) is 36.0 Å². The Morgan fingerprint density at radius 2 is 2.24 bits per heavy atom. The smallest absolute Gasteiger partial charge is 0.256 e. The summed E-state index contributed by atoms with van der Waals surface area (Å²) < 4.78 is 0. The van der Waals surface area contributed by atoms with Crippen LogP contribution in [0.15, 0.2) is 30.5 Å². The molecule has 4 nitrogen and oxygen atoms in total. The number of carbonyl (C=O) groups excluding carboxylic acids is 1. The monoisotopic (exact) mass is 230 g/mol. The fourth-order valence-electron chi connectivity index (χ4n) is 2.35. The lowest BCUT2D eigenvalue weighted by Gasteiger charge is -2.14. The Morgan fingerprint density at radius 1 is 1.41 bits per heavy atom. The number of aromatic nitrogens is 1. The molecular formula is C13H14N2O2. The van der Waals surface area contributed by atoms with Gasteiger partial charge in [0.25, 0.3) is 5.91 Å². The summed E-state index contributed by atoms with van der Waals surface area (Å²) in [6.07, 6.45) is 2.05. The first-order chi connectivity index (χ1) is 8.25. The first kappa shape index (κ1) is 10.4. The van der Waals surface area contributed by atoms with Crippen LogP contribution in [0.3, 0.4) is 0 Å². The summed E-state index contributed by atoms with van der Waals surface area (Å²) in [5.74, 6) is -0.000926. The molecule has 17 heavy (non-hydrogen) atoms. The van der Waals surface area contributed by atoms with Crippen LogP contribution < -0.4 is 0 Å². The number of fused-ring (bicyclic) bond motifs is 1. The van der Waals surface area contributed by atoms with Crippen molar-refractivity contribution >= 4 is 16.8 Å². The Labute approximate surface area is 98.9 Å². The topological polar surface area (TPSA) is 56.3 Å². The molecule has 2 N–H and O–H groups in total. The van der Waals surface area contributed by atoms with Gasteiger partial charge in [0.2, 0.25) is 0 Å². The van der Waals surface area contributed by atoms with Gasteiger partial charge in [-0.1, -0.05) is 18.2 Å². The van der Waals surface area contributed by atoms with Crippen LogP contribution in [-0.4, -0.2) is 40.1 Å². The molecule has 88 valence electrons. The summed E-state index contributed by atoms with van der Waals surface area (Å²) in [6.45, 7) is 1.08. The van der Waals surface area contributed by atoms with Crippen LogP contribution in [0.1, 0.15) is 16.8 Å². The van der Waals surface area contributed by atoms with Crippen LogP contribution in [0.5, 0.6) is 0 Å². The minimum Gasteiger partial charge on any atom is -0.391 e. The van der Waals surface area contributed by atoms with Gasteiger partial charge in [-0.3, -0.25) is 4.79 Å². The molecule has 2 heterocycles. The lowest BCUT2D eigenvalue weighted by molar-refractivity contribution is 0.0767. The zero-order chi connectivity index (χ0) is 11.8. The summed E-state index contributed by atoms with van der Waals surface area (Å²) in [7, 11) is 0. The van der Waals surface area contributed by atoms with E-state index in [1.54, 1.807) is 11.1 Å². The number of amides is 1. The van der Waals surface area contributed by atoms with Crippen LogP contribution >= 0.6 is 0 Å². The number of aliphatic hydroxyl groups is 1. The number of hydrogen-bond acceptors (Lipinski definition) is 2. The third-order valence-electron chi connectivity index (χ3n) is 3.27. The number of H-pyrrole nitrogens is 1. The normalized spacial score (nSPS) is 20.1. The minimum atomic E-state index is -0.371. The molecule has 0 radical (unpaired) electrons. The molecule has 1 aromatic carbocycles. The van der Waals surface area contributed by atoms with Crippen LogP contribution in [-0.2, 0) is 0 Å². The number of benzene rings is 1. The lowest BCUT2D eigenvalue weighted by atomic mass is 10.1. The SMILES string of the molecule is O=C(c1c[nH]c2ccccc12)N1CCC(O)C1. The summed E-state index contributed by atoms with van der Waals surface area (Å²) in [5, 5.41) is 10.4. The molecule has 1 amide bonds. The Balaban J connectivity index is 1.96. The summed E-state index contributed by atoms with van der Waals surface area (Å²) in [4.78, 5) is 17.1. The average Bonchev–Trinajstić information content (AvgIpc) is 2.94. The zero-order valence-corrected chi connectivity index (χ0v) is 9.39. The molecule has 1 saturated heterocycles. The number of carbonyl (C=O) groups is 1. The fraction of sp³-hybridized carbons (Fsp3) is 0.308. The fourth-order valence-corrected chi connectivity index (χ4v) is 2.35. The molecular weight excluding hydrogens is 216 g/mol. The van der Waals surface area contributed by atoms with Crippen molar-refractivity contribution in [3.8, 4) is 0 Å². The molecule has 2 aromatic rings. The molecule has 0 spiro atoms. The number of nitrogens with one attached hydrogen (secondary N) is 1. The lowest BCUT2D eigenvalue weighted by Crippen LogP contribution is -2.29. The van der Waals surface area contributed by atoms with E-state index >= 15 is 0 Å². The molecule has 0 aliphatic carbocycles. The average molecular weight is 230 g/mol. The number of likely N-dealkylation sites (tertiary alicyclic amines) is 1. The largest absolute Gasteiger partial charge is 0.391 e. The highest BCUT2D eigenvalue weighted by Gasteiger charge is 2.26. The molecule has 0 bridgehead atoms. The van der Waals surface area contributed by atoms with E-state index in [9.17, 15) is 9.90 Å². The van der Waals surface area contributed by atoms with Gasteiger partial charge in [0.05, 0.1) is 11.7 Å². The molecule has 1 aliphatic heterocycles. The minimum absolute atomic E-state index is 0.000926. The Bertz CT molecular complexity index is 561. The van der Waals surface area contributed by atoms with Gasteiger partial charge in [0.15, 0.2) is 0 Å². The second kappa shape index (κ2) is 3.89. The third-order valence-corrected chi connectivity index (χ3v) is 3.27. The van der Waals surface area contributed by atoms with Gasteiger partial charge in [-0.05, 0) is 12.5 Å². The van der Waals surface area contributed by atoms with Crippen LogP contribution in [0.4, 0.5) is 0 Å². The second-order valence-corrected chi connectivity index (χ2v) is 4.44. The standard InChI is InChI=1S/C13H14N2O2/c16-9-5-6-15(8-9)13(17)11-7-14-12-4-2-1-3-10(11)12/h1-4,7,9,14,16H,5-6,8H2. The molecule has 4 heteroatoms. The highest BCUT2D eigenvalue weighted by molar-refractivity contribution is 6.06. The van der Waals surface area contributed by atoms with Gasteiger partial charge in [0, 0.05) is 30.2 Å². The highest BCUT2D eigenvalue weighted by Crippen LogP contribution is 2.21. The Hall–Kier alpha value is -1.81. The van der Waals surface area contributed by atoms with E-state index in [1.807, 2.05) is 24.3 Å². The Kier molecular flexibility index (Phi) is 2.37. The zero-order valence-electron chi connectivity index (χ0n) is 9.39. The predicted molar refractivity (Wildman–Crippen MR) is 64.8 cm³/mol. The van der Waals surface area contributed by atoms with Crippen LogP contribution in [0.25, 0.3) is 10.9 Å². The highest BCUT2D eigenvalue weighted by atomic mass is 16.3. The van der Waals surface area contributed by atoms with E-state index in [-0.39, 0.29) is 12.0 Å². The molecule has 1 fully saturated rings. The molecule has 1 aliphatic rings. The van der Waals surface area contributed by atoms with E-state index in [0.717, 1.165) is 10.9 Å². The van der Waals surface area contributed by atoms with Gasteiger partial charge < -0.3 is 15.0 Å². The second-order valence-electron chi connectivity index (χ2n) is 4.44. The number of aromatic amines is 1. The maximum absolute atomic E-state index is 12.3. The van der Waals surface area contributed by atoms with E-state index in [4.69, 9.17) is 0 Å². The number of para-hydroxylation sites is 1. The number of rotatable bonds is 1. The first-order valence-corrected chi connectivity index (χ1v) is 5.79. The molecule has 0 saturated carbocycles. The van der Waals surface area contributed by atoms with Crippen molar-refractivity contribution in [2.24, 2.45) is 0 Å². The van der Waals surface area contributed by atoms with E-state index in [0.29, 0.717) is 25.1 Å². The van der Waals surface area contributed by atoms with Crippen molar-refractivity contribution in [1.82, 2.24) is 9.88 Å². The maximum atomic E-state index is 12.3. The van der Waals surface area contributed by atoms with Crippen molar-refractivity contribution in [3.63, 3.8) is 0 Å². The van der Waals surface area contributed by atoms with Gasteiger partial charge in [-0.25, -0.2) is 0 Å².